The Balaban J connectivity index is 1.28. The third-order valence-electron chi connectivity index (χ3n) is 9.58. The molecule has 3 aliphatic carbocycles. The van der Waals surface area contributed by atoms with Crippen molar-refractivity contribution in [3.8, 4) is 0 Å². The van der Waals surface area contributed by atoms with Crippen LogP contribution in [0.15, 0.2) is 132 Å². The second-order valence-electron chi connectivity index (χ2n) is 13.4. The Kier molecular flexibility index (Phi) is 8.80. The van der Waals surface area contributed by atoms with Gasteiger partial charge in [0.1, 0.15) is 0 Å². The molecule has 2 heteroatoms. The second-order valence-corrected chi connectivity index (χ2v) is 13.4. The molecule has 6 rings (SSSR count). The Hall–Kier alpha value is -4.04. The van der Waals surface area contributed by atoms with Crippen LogP contribution in [0.3, 0.4) is 0 Å². The van der Waals surface area contributed by atoms with E-state index in [0.29, 0.717) is 17.8 Å². The summed E-state index contributed by atoms with van der Waals surface area (Å²) in [5, 5.41) is 0. The predicted molar refractivity (Wildman–Crippen MR) is 189 cm³/mol. The Morgan fingerprint density at radius 2 is 1.32 bits per heavy atom. The largest absolute Gasteiger partial charge is 0.334 e. The Bertz CT molecular complexity index is 1620. The molecule has 0 N–H and O–H groups in total. The summed E-state index contributed by atoms with van der Waals surface area (Å²) in [4.78, 5) is 5.05. The molecule has 0 heterocycles. The molecule has 0 aromatic heterocycles. The number of nitrogens with zero attached hydrogens (tertiary/aromatic N) is 2. The number of hydrogen-bond donors (Lipinski definition) is 0. The van der Waals surface area contributed by atoms with Crippen molar-refractivity contribution in [3.05, 3.63) is 148 Å². The van der Waals surface area contributed by atoms with Crippen molar-refractivity contribution in [2.75, 3.05) is 9.80 Å². The van der Waals surface area contributed by atoms with E-state index < -0.39 is 0 Å². The van der Waals surface area contributed by atoms with Crippen molar-refractivity contribution in [1.82, 2.24) is 0 Å². The zero-order valence-electron chi connectivity index (χ0n) is 27.4. The normalized spacial score (nSPS) is 23.3. The summed E-state index contributed by atoms with van der Waals surface area (Å²) in [5.74, 6) is 1.40. The van der Waals surface area contributed by atoms with Gasteiger partial charge in [-0.05, 0) is 136 Å². The molecule has 0 fully saturated rings. The van der Waals surface area contributed by atoms with E-state index in [0.717, 1.165) is 12.8 Å². The maximum Gasteiger partial charge on any atom is 0.0562 e. The smallest absolute Gasteiger partial charge is 0.0562 e. The lowest BCUT2D eigenvalue weighted by Crippen LogP contribution is -2.32. The fraction of sp³-hybridized carbons (Fsp3) is 0.333. The molecule has 4 atom stereocenters. The van der Waals surface area contributed by atoms with E-state index in [1.807, 2.05) is 0 Å². The summed E-state index contributed by atoms with van der Waals surface area (Å²) in [6, 6.07) is 27.1. The molecule has 226 valence electrons. The van der Waals surface area contributed by atoms with E-state index in [4.69, 9.17) is 0 Å². The standard InChI is InChI=1S/C42H48N2/c1-29-11-7-15-35(23-29)43(36-16-8-12-30(2)24-36)39-19-21-41(33(5)27-39)42-22-20-40(28-34(42)6)44(37-17-9-13-31(3)25-37)38-18-10-14-32(4)26-38/h7-9,11-13,15-17,20-28,32,34,39,42H,10,14,18-19H2,1-6H3. The summed E-state index contributed by atoms with van der Waals surface area (Å²) in [6.07, 6.45) is 19.6. The van der Waals surface area contributed by atoms with Gasteiger partial charge in [-0.1, -0.05) is 80.6 Å². The molecular weight excluding hydrogens is 532 g/mol. The van der Waals surface area contributed by atoms with Gasteiger partial charge in [-0.2, -0.15) is 0 Å². The lowest BCUT2D eigenvalue weighted by Gasteiger charge is -2.38. The maximum absolute atomic E-state index is 2.53. The number of aryl methyl sites for hydroxylation is 3. The lowest BCUT2D eigenvalue weighted by molar-refractivity contribution is 0.553. The Morgan fingerprint density at radius 3 is 1.89 bits per heavy atom. The van der Waals surface area contributed by atoms with Crippen LogP contribution in [0.4, 0.5) is 17.1 Å². The van der Waals surface area contributed by atoms with Crippen molar-refractivity contribution in [2.45, 2.75) is 73.3 Å². The quantitative estimate of drug-likeness (QED) is 0.274. The number of hydrogen-bond acceptors (Lipinski definition) is 2. The van der Waals surface area contributed by atoms with E-state index in [1.54, 1.807) is 0 Å². The van der Waals surface area contributed by atoms with Crippen LogP contribution in [0.1, 0.15) is 63.1 Å². The van der Waals surface area contributed by atoms with Gasteiger partial charge in [-0.15, -0.1) is 0 Å². The zero-order chi connectivity index (χ0) is 30.8. The number of rotatable bonds is 7. The minimum absolute atomic E-state index is 0.272. The molecule has 0 amide bonds. The fourth-order valence-electron chi connectivity index (χ4n) is 7.40. The zero-order valence-corrected chi connectivity index (χ0v) is 27.4. The summed E-state index contributed by atoms with van der Waals surface area (Å²) in [7, 11) is 0. The van der Waals surface area contributed by atoms with E-state index in [-0.39, 0.29) is 6.04 Å². The summed E-state index contributed by atoms with van der Waals surface area (Å²) >= 11 is 0. The average Bonchev–Trinajstić information content (AvgIpc) is 2.98. The van der Waals surface area contributed by atoms with Crippen LogP contribution in [-0.2, 0) is 0 Å². The van der Waals surface area contributed by atoms with Crippen LogP contribution in [0.5, 0.6) is 0 Å². The fourth-order valence-corrected chi connectivity index (χ4v) is 7.40. The summed E-state index contributed by atoms with van der Waals surface area (Å²) in [6.45, 7) is 13.6. The van der Waals surface area contributed by atoms with Gasteiger partial charge >= 0.3 is 0 Å². The van der Waals surface area contributed by atoms with Crippen LogP contribution in [0.2, 0.25) is 0 Å². The van der Waals surface area contributed by atoms with Crippen molar-refractivity contribution >= 4 is 17.1 Å². The number of benzene rings is 3. The molecule has 3 aromatic rings. The molecule has 0 saturated carbocycles. The van der Waals surface area contributed by atoms with E-state index in [2.05, 4.69) is 161 Å². The molecular formula is C42H48N2. The predicted octanol–water partition coefficient (Wildman–Crippen LogP) is 11.3. The highest BCUT2D eigenvalue weighted by molar-refractivity contribution is 5.67. The first-order chi connectivity index (χ1) is 21.3. The first-order valence-electron chi connectivity index (χ1n) is 16.6. The monoisotopic (exact) mass is 580 g/mol. The maximum atomic E-state index is 2.53. The van der Waals surface area contributed by atoms with Crippen LogP contribution in [-0.4, -0.2) is 6.04 Å². The highest BCUT2D eigenvalue weighted by Gasteiger charge is 2.29. The van der Waals surface area contributed by atoms with Gasteiger partial charge in [-0.25, -0.2) is 0 Å². The van der Waals surface area contributed by atoms with Gasteiger partial charge in [0, 0.05) is 34.4 Å². The molecule has 4 unspecified atom stereocenters. The van der Waals surface area contributed by atoms with Gasteiger partial charge in [-0.3, -0.25) is 0 Å². The van der Waals surface area contributed by atoms with Crippen LogP contribution < -0.4 is 9.80 Å². The van der Waals surface area contributed by atoms with Gasteiger partial charge in [0.2, 0.25) is 0 Å². The molecule has 2 nitrogen and oxygen atoms in total. The topological polar surface area (TPSA) is 6.48 Å². The van der Waals surface area contributed by atoms with Crippen LogP contribution in [0.25, 0.3) is 0 Å². The molecule has 3 aliphatic rings. The van der Waals surface area contributed by atoms with Gasteiger partial charge in [0.05, 0.1) is 6.04 Å². The molecule has 0 radical (unpaired) electrons. The first-order valence-corrected chi connectivity index (χ1v) is 16.6. The van der Waals surface area contributed by atoms with Gasteiger partial charge < -0.3 is 9.80 Å². The van der Waals surface area contributed by atoms with Gasteiger partial charge in [0.25, 0.3) is 0 Å². The molecule has 0 spiro atoms. The highest BCUT2D eigenvalue weighted by atomic mass is 15.2. The van der Waals surface area contributed by atoms with Crippen LogP contribution in [0, 0.1) is 38.5 Å². The third kappa shape index (κ3) is 6.41. The summed E-state index contributed by atoms with van der Waals surface area (Å²) in [5.41, 5.74) is 13.3. The minimum atomic E-state index is 0.272. The van der Waals surface area contributed by atoms with Gasteiger partial charge in [0.15, 0.2) is 0 Å². The molecule has 0 saturated heterocycles. The molecule has 44 heavy (non-hydrogen) atoms. The first kappa shape index (κ1) is 30.0. The molecule has 0 bridgehead atoms. The van der Waals surface area contributed by atoms with Crippen molar-refractivity contribution in [2.24, 2.45) is 17.8 Å². The van der Waals surface area contributed by atoms with Crippen LogP contribution >= 0.6 is 0 Å². The molecule has 3 aromatic carbocycles. The van der Waals surface area contributed by atoms with Crippen molar-refractivity contribution < 1.29 is 0 Å². The van der Waals surface area contributed by atoms with E-state index in [9.17, 15) is 0 Å². The minimum Gasteiger partial charge on any atom is -0.334 e. The highest BCUT2D eigenvalue weighted by Crippen LogP contribution is 2.41. The van der Waals surface area contributed by atoms with E-state index >= 15 is 0 Å². The third-order valence-corrected chi connectivity index (χ3v) is 9.58. The molecule has 0 aliphatic heterocycles. The number of anilines is 3. The Morgan fingerprint density at radius 1 is 0.705 bits per heavy atom. The van der Waals surface area contributed by atoms with E-state index in [1.165, 1.54) is 69.1 Å². The number of allylic oxidation sites excluding steroid dienone is 7. The summed E-state index contributed by atoms with van der Waals surface area (Å²) < 4.78 is 0. The van der Waals surface area contributed by atoms with Crippen molar-refractivity contribution in [1.29, 1.82) is 0 Å². The SMILES string of the molecule is CC1=CC(N(c2cccc(C)c2)c2cccc(C)c2)CC=C1C1C=CC(N(C2=CC(C)CCC2)c2cccc(C)c2)=CC1C. The van der Waals surface area contributed by atoms with Crippen molar-refractivity contribution in [3.63, 3.8) is 0 Å². The average molecular weight is 581 g/mol. The second kappa shape index (κ2) is 12.9. The Labute approximate surface area is 265 Å². The lowest BCUT2D eigenvalue weighted by atomic mass is 9.77.